The third-order valence-electron chi connectivity index (χ3n) is 2.89. The highest BCUT2D eigenvalue weighted by Crippen LogP contribution is 2.23. The molecule has 1 aromatic rings. The molecule has 0 atom stereocenters. The molecular weight excluding hydrogens is 245 g/mol. The molecule has 0 saturated heterocycles. The highest BCUT2D eigenvalue weighted by atomic mass is 19.1. The topological polar surface area (TPSA) is 58.4 Å². The third-order valence-corrected chi connectivity index (χ3v) is 2.89. The Morgan fingerprint density at radius 1 is 1.42 bits per heavy atom. The van der Waals surface area contributed by atoms with Crippen molar-refractivity contribution >= 4 is 11.6 Å². The van der Waals surface area contributed by atoms with Crippen LogP contribution in [-0.2, 0) is 11.3 Å². The number of benzene rings is 1. The van der Waals surface area contributed by atoms with Crippen molar-refractivity contribution in [3.05, 3.63) is 29.6 Å². The highest BCUT2D eigenvalue weighted by molar-refractivity contribution is 5.80. The molecule has 0 aliphatic rings. The van der Waals surface area contributed by atoms with Crippen molar-refractivity contribution < 1.29 is 9.18 Å². The van der Waals surface area contributed by atoms with E-state index in [0.717, 1.165) is 18.7 Å². The van der Waals surface area contributed by atoms with Crippen LogP contribution in [0.25, 0.3) is 0 Å². The Bertz CT molecular complexity index is 423. The van der Waals surface area contributed by atoms with Gasteiger partial charge in [0.1, 0.15) is 5.82 Å². The zero-order valence-corrected chi connectivity index (χ0v) is 11.6. The van der Waals surface area contributed by atoms with E-state index in [4.69, 9.17) is 5.73 Å². The van der Waals surface area contributed by atoms with Gasteiger partial charge in [-0.2, -0.15) is 0 Å². The molecule has 1 amide bonds. The molecule has 0 radical (unpaired) electrons. The number of hydrogen-bond acceptors (Lipinski definition) is 3. The van der Waals surface area contributed by atoms with Gasteiger partial charge in [0.2, 0.25) is 5.91 Å². The monoisotopic (exact) mass is 267 g/mol. The van der Waals surface area contributed by atoms with Crippen molar-refractivity contribution in [2.75, 3.05) is 24.5 Å². The molecule has 0 aromatic heterocycles. The van der Waals surface area contributed by atoms with Gasteiger partial charge in [-0.1, -0.05) is 13.0 Å². The summed E-state index contributed by atoms with van der Waals surface area (Å²) in [6.45, 7) is 5.95. The molecule has 5 heteroatoms. The smallest absolute Gasteiger partial charge is 0.236 e. The second kappa shape index (κ2) is 7.74. The molecule has 0 aliphatic carbocycles. The Hall–Kier alpha value is -1.62. The number of nitrogens with zero attached hydrogens (tertiary/aromatic N) is 1. The number of anilines is 1. The average Bonchev–Trinajstić information content (AvgIpc) is 2.38. The van der Waals surface area contributed by atoms with E-state index in [9.17, 15) is 9.18 Å². The van der Waals surface area contributed by atoms with Crippen LogP contribution in [-0.4, -0.2) is 25.5 Å². The maximum Gasteiger partial charge on any atom is 0.236 e. The average molecular weight is 267 g/mol. The second-order valence-electron chi connectivity index (χ2n) is 4.39. The number of nitrogens with two attached hydrogens (primary N) is 1. The molecule has 3 N–H and O–H groups in total. The summed E-state index contributed by atoms with van der Waals surface area (Å²) in [4.78, 5) is 12.9. The van der Waals surface area contributed by atoms with E-state index < -0.39 is 5.91 Å². The quantitative estimate of drug-likeness (QED) is 0.704. The Morgan fingerprint density at radius 2 is 2.16 bits per heavy atom. The molecule has 0 fully saturated rings. The lowest BCUT2D eigenvalue weighted by molar-refractivity contribution is -0.116. The fourth-order valence-electron chi connectivity index (χ4n) is 1.96. The first-order valence-corrected chi connectivity index (χ1v) is 6.61. The molecule has 1 aromatic carbocycles. The number of nitrogens with one attached hydrogen (secondary N) is 1. The Kier molecular flexibility index (Phi) is 6.29. The lowest BCUT2D eigenvalue weighted by Gasteiger charge is -2.24. The summed E-state index contributed by atoms with van der Waals surface area (Å²) in [5, 5.41) is 3.18. The van der Waals surface area contributed by atoms with E-state index >= 15 is 0 Å². The summed E-state index contributed by atoms with van der Waals surface area (Å²) in [5.41, 5.74) is 6.54. The SMILES string of the molecule is CCCNCc1c(F)cccc1N(CC)CC(N)=O. The molecule has 19 heavy (non-hydrogen) atoms. The predicted octanol–water partition coefficient (Wildman–Crippen LogP) is 1.64. The molecule has 106 valence electrons. The van der Waals surface area contributed by atoms with Gasteiger partial charge in [0.15, 0.2) is 0 Å². The van der Waals surface area contributed by atoms with Crippen LogP contribution in [0.15, 0.2) is 18.2 Å². The lowest BCUT2D eigenvalue weighted by atomic mass is 10.1. The first-order valence-electron chi connectivity index (χ1n) is 6.61. The zero-order valence-electron chi connectivity index (χ0n) is 11.6. The van der Waals surface area contributed by atoms with Gasteiger partial charge < -0.3 is 16.0 Å². The Labute approximate surface area is 113 Å². The Balaban J connectivity index is 2.96. The van der Waals surface area contributed by atoms with Crippen molar-refractivity contribution in [2.24, 2.45) is 5.73 Å². The fraction of sp³-hybridized carbons (Fsp3) is 0.500. The van der Waals surface area contributed by atoms with E-state index in [-0.39, 0.29) is 12.4 Å². The second-order valence-corrected chi connectivity index (χ2v) is 4.39. The first-order chi connectivity index (χ1) is 9.10. The van der Waals surface area contributed by atoms with Crippen LogP contribution in [0.2, 0.25) is 0 Å². The van der Waals surface area contributed by atoms with Gasteiger partial charge in [-0.25, -0.2) is 4.39 Å². The number of hydrogen-bond donors (Lipinski definition) is 2. The first kappa shape index (κ1) is 15.4. The molecule has 0 saturated carbocycles. The molecule has 1 rings (SSSR count). The van der Waals surface area contributed by atoms with E-state index in [0.29, 0.717) is 18.7 Å². The minimum atomic E-state index is -0.418. The molecule has 4 nitrogen and oxygen atoms in total. The summed E-state index contributed by atoms with van der Waals surface area (Å²) < 4.78 is 13.9. The van der Waals surface area contributed by atoms with Crippen molar-refractivity contribution in [2.45, 2.75) is 26.8 Å². The number of primary amides is 1. The standard InChI is InChI=1S/C14H22FN3O/c1-3-8-17-9-11-12(15)6-5-7-13(11)18(4-2)10-14(16)19/h5-7,17H,3-4,8-10H2,1-2H3,(H2,16,19). The van der Waals surface area contributed by atoms with Crippen LogP contribution in [0.3, 0.4) is 0 Å². The summed E-state index contributed by atoms with van der Waals surface area (Å²) in [6, 6.07) is 4.90. The van der Waals surface area contributed by atoms with Crippen molar-refractivity contribution in [3.8, 4) is 0 Å². The normalized spacial score (nSPS) is 10.5. The van der Waals surface area contributed by atoms with E-state index in [2.05, 4.69) is 12.2 Å². The lowest BCUT2D eigenvalue weighted by Crippen LogP contribution is -2.34. The van der Waals surface area contributed by atoms with Crippen molar-refractivity contribution in [1.29, 1.82) is 0 Å². The van der Waals surface area contributed by atoms with Crippen LogP contribution in [0.1, 0.15) is 25.8 Å². The number of carbonyl (C=O) groups is 1. The minimum Gasteiger partial charge on any atom is -0.368 e. The van der Waals surface area contributed by atoms with Gasteiger partial charge in [0, 0.05) is 24.3 Å². The Morgan fingerprint density at radius 3 is 2.74 bits per heavy atom. The zero-order chi connectivity index (χ0) is 14.3. The summed E-state index contributed by atoms with van der Waals surface area (Å²) in [5.74, 6) is -0.678. The van der Waals surface area contributed by atoms with Gasteiger partial charge in [-0.05, 0) is 32.0 Å². The van der Waals surface area contributed by atoms with Crippen LogP contribution in [0.4, 0.5) is 10.1 Å². The van der Waals surface area contributed by atoms with Crippen LogP contribution in [0.5, 0.6) is 0 Å². The number of rotatable bonds is 8. The number of amides is 1. The third kappa shape index (κ3) is 4.52. The molecule has 0 unspecified atom stereocenters. The summed E-state index contributed by atoms with van der Waals surface area (Å²) in [6.07, 6.45) is 0.989. The van der Waals surface area contributed by atoms with E-state index in [1.54, 1.807) is 11.0 Å². The molecular formula is C14H22FN3O. The summed E-state index contributed by atoms with van der Waals surface area (Å²) in [7, 11) is 0. The van der Waals surface area contributed by atoms with E-state index in [1.165, 1.54) is 6.07 Å². The fourth-order valence-corrected chi connectivity index (χ4v) is 1.96. The number of carbonyl (C=O) groups excluding carboxylic acids is 1. The predicted molar refractivity (Wildman–Crippen MR) is 75.5 cm³/mol. The minimum absolute atomic E-state index is 0.0979. The molecule has 0 bridgehead atoms. The largest absolute Gasteiger partial charge is 0.368 e. The molecule has 0 aliphatic heterocycles. The van der Waals surface area contributed by atoms with Gasteiger partial charge in [0.25, 0.3) is 0 Å². The van der Waals surface area contributed by atoms with Crippen molar-refractivity contribution in [1.82, 2.24) is 5.32 Å². The number of likely N-dealkylation sites (N-methyl/N-ethyl adjacent to an activating group) is 1. The summed E-state index contributed by atoms with van der Waals surface area (Å²) >= 11 is 0. The van der Waals surface area contributed by atoms with E-state index in [1.807, 2.05) is 13.0 Å². The van der Waals surface area contributed by atoms with Crippen LogP contribution < -0.4 is 16.0 Å². The highest BCUT2D eigenvalue weighted by Gasteiger charge is 2.14. The van der Waals surface area contributed by atoms with Crippen molar-refractivity contribution in [3.63, 3.8) is 0 Å². The maximum absolute atomic E-state index is 13.9. The van der Waals surface area contributed by atoms with Crippen LogP contribution >= 0.6 is 0 Å². The van der Waals surface area contributed by atoms with Gasteiger partial charge >= 0.3 is 0 Å². The van der Waals surface area contributed by atoms with Gasteiger partial charge in [-0.15, -0.1) is 0 Å². The molecule has 0 spiro atoms. The van der Waals surface area contributed by atoms with Gasteiger partial charge in [0.05, 0.1) is 6.54 Å². The van der Waals surface area contributed by atoms with Crippen LogP contribution in [0, 0.1) is 5.82 Å². The number of halogens is 1. The van der Waals surface area contributed by atoms with Gasteiger partial charge in [-0.3, -0.25) is 4.79 Å². The molecule has 0 heterocycles. The maximum atomic E-state index is 13.9.